The number of aliphatic hydroxyl groups excluding tert-OH is 1. The van der Waals surface area contributed by atoms with E-state index in [2.05, 4.69) is 6.92 Å². The Kier molecular flexibility index (Phi) is 5.43. The van der Waals surface area contributed by atoms with E-state index in [9.17, 15) is 5.11 Å². The van der Waals surface area contributed by atoms with Gasteiger partial charge >= 0.3 is 0 Å². The van der Waals surface area contributed by atoms with Gasteiger partial charge in [-0.2, -0.15) is 0 Å². The molecule has 0 bridgehead atoms. The average molecular weight is 212 g/mol. The Hall–Kier alpha value is -0.800. The first-order valence-electron chi connectivity index (χ1n) is 5.60. The summed E-state index contributed by atoms with van der Waals surface area (Å²) >= 11 is 0. The molecule has 0 saturated carbocycles. The van der Waals surface area contributed by atoms with E-state index in [0.717, 1.165) is 18.6 Å². The number of ether oxygens (including phenoxy) is 1. The molecule has 2 atom stereocenters. The Balaban J connectivity index is 2.44. The topological polar surface area (TPSA) is 42.6 Å². The third-order valence-corrected chi connectivity index (χ3v) is 2.37. The SMILES string of the molecule is CCCC(OCC)C(O)Cc1ccco1. The van der Waals surface area contributed by atoms with Gasteiger partial charge in [0.2, 0.25) is 0 Å². The molecule has 3 nitrogen and oxygen atoms in total. The van der Waals surface area contributed by atoms with Gasteiger partial charge in [0.15, 0.2) is 0 Å². The summed E-state index contributed by atoms with van der Waals surface area (Å²) in [4.78, 5) is 0. The highest BCUT2D eigenvalue weighted by molar-refractivity contribution is 5.00. The first-order chi connectivity index (χ1) is 7.27. The molecule has 0 aliphatic rings. The zero-order valence-corrected chi connectivity index (χ0v) is 9.48. The third-order valence-electron chi connectivity index (χ3n) is 2.37. The van der Waals surface area contributed by atoms with Gasteiger partial charge in [-0.3, -0.25) is 0 Å². The predicted octanol–water partition coefficient (Wildman–Crippen LogP) is 2.39. The van der Waals surface area contributed by atoms with E-state index in [1.807, 2.05) is 19.1 Å². The number of hydrogen-bond acceptors (Lipinski definition) is 3. The van der Waals surface area contributed by atoms with Crippen LogP contribution in [0.4, 0.5) is 0 Å². The summed E-state index contributed by atoms with van der Waals surface area (Å²) in [5, 5.41) is 9.96. The van der Waals surface area contributed by atoms with E-state index in [1.165, 1.54) is 0 Å². The quantitative estimate of drug-likeness (QED) is 0.754. The second-order valence-electron chi connectivity index (χ2n) is 3.63. The molecule has 1 heterocycles. The van der Waals surface area contributed by atoms with Crippen LogP contribution in [-0.2, 0) is 11.2 Å². The Bertz CT molecular complexity index is 237. The monoisotopic (exact) mass is 212 g/mol. The van der Waals surface area contributed by atoms with Gasteiger partial charge in [0.25, 0.3) is 0 Å². The van der Waals surface area contributed by atoms with Crippen molar-refractivity contribution < 1.29 is 14.3 Å². The van der Waals surface area contributed by atoms with Gasteiger partial charge in [0.1, 0.15) is 5.76 Å². The molecule has 0 saturated heterocycles. The van der Waals surface area contributed by atoms with E-state index in [-0.39, 0.29) is 6.10 Å². The Morgan fingerprint density at radius 2 is 2.27 bits per heavy atom. The van der Waals surface area contributed by atoms with Crippen molar-refractivity contribution in [1.29, 1.82) is 0 Å². The molecule has 0 amide bonds. The molecule has 3 heteroatoms. The van der Waals surface area contributed by atoms with Crippen molar-refractivity contribution in [3.63, 3.8) is 0 Å². The molecule has 0 aliphatic heterocycles. The summed E-state index contributed by atoms with van der Waals surface area (Å²) in [6.45, 7) is 4.67. The highest BCUT2D eigenvalue weighted by Gasteiger charge is 2.19. The smallest absolute Gasteiger partial charge is 0.106 e. The standard InChI is InChI=1S/C12H20O3/c1-3-6-12(14-4-2)11(13)9-10-7-5-8-15-10/h5,7-8,11-13H,3-4,6,9H2,1-2H3. The van der Waals surface area contributed by atoms with Crippen LogP contribution in [0.3, 0.4) is 0 Å². The van der Waals surface area contributed by atoms with E-state index < -0.39 is 6.10 Å². The van der Waals surface area contributed by atoms with Crippen LogP contribution in [0, 0.1) is 0 Å². The van der Waals surface area contributed by atoms with Crippen LogP contribution in [-0.4, -0.2) is 23.9 Å². The number of rotatable bonds is 7. The maximum Gasteiger partial charge on any atom is 0.106 e. The zero-order valence-electron chi connectivity index (χ0n) is 9.48. The normalized spacial score (nSPS) is 15.1. The van der Waals surface area contributed by atoms with Crippen molar-refractivity contribution >= 4 is 0 Å². The lowest BCUT2D eigenvalue weighted by molar-refractivity contribution is -0.0380. The second-order valence-corrected chi connectivity index (χ2v) is 3.63. The number of furan rings is 1. The second kappa shape index (κ2) is 6.64. The van der Waals surface area contributed by atoms with Crippen LogP contribution in [0.25, 0.3) is 0 Å². The minimum Gasteiger partial charge on any atom is -0.469 e. The van der Waals surface area contributed by atoms with Crippen molar-refractivity contribution in [2.24, 2.45) is 0 Å². The van der Waals surface area contributed by atoms with Gasteiger partial charge in [0.05, 0.1) is 18.5 Å². The van der Waals surface area contributed by atoms with Crippen molar-refractivity contribution in [2.75, 3.05) is 6.61 Å². The molecular formula is C12H20O3. The first-order valence-corrected chi connectivity index (χ1v) is 5.60. The van der Waals surface area contributed by atoms with Crippen LogP contribution in [0.15, 0.2) is 22.8 Å². The molecule has 15 heavy (non-hydrogen) atoms. The van der Waals surface area contributed by atoms with Gasteiger partial charge in [-0.1, -0.05) is 13.3 Å². The summed E-state index contributed by atoms with van der Waals surface area (Å²) < 4.78 is 10.7. The fourth-order valence-corrected chi connectivity index (χ4v) is 1.65. The molecule has 1 aromatic heterocycles. The van der Waals surface area contributed by atoms with Gasteiger partial charge in [0, 0.05) is 13.0 Å². The van der Waals surface area contributed by atoms with Gasteiger partial charge in [-0.15, -0.1) is 0 Å². The van der Waals surface area contributed by atoms with Gasteiger partial charge in [-0.05, 0) is 25.5 Å². The van der Waals surface area contributed by atoms with Crippen molar-refractivity contribution in [3.05, 3.63) is 24.2 Å². The lowest BCUT2D eigenvalue weighted by Crippen LogP contribution is -2.30. The maximum atomic E-state index is 9.96. The highest BCUT2D eigenvalue weighted by atomic mass is 16.5. The Morgan fingerprint density at radius 1 is 1.47 bits per heavy atom. The summed E-state index contributed by atoms with van der Waals surface area (Å²) in [6, 6.07) is 3.70. The summed E-state index contributed by atoms with van der Waals surface area (Å²) in [7, 11) is 0. The predicted molar refractivity (Wildman–Crippen MR) is 58.7 cm³/mol. The molecule has 0 radical (unpaired) electrons. The van der Waals surface area contributed by atoms with E-state index in [0.29, 0.717) is 13.0 Å². The van der Waals surface area contributed by atoms with Crippen molar-refractivity contribution in [1.82, 2.24) is 0 Å². The average Bonchev–Trinajstić information content (AvgIpc) is 2.70. The van der Waals surface area contributed by atoms with Crippen molar-refractivity contribution in [2.45, 2.75) is 45.3 Å². The summed E-state index contributed by atoms with van der Waals surface area (Å²) in [5.74, 6) is 0.809. The molecule has 0 spiro atoms. The van der Waals surface area contributed by atoms with Gasteiger partial charge < -0.3 is 14.3 Å². The van der Waals surface area contributed by atoms with E-state index in [1.54, 1.807) is 6.26 Å². The van der Waals surface area contributed by atoms with Crippen LogP contribution in [0.5, 0.6) is 0 Å². The number of hydrogen-bond donors (Lipinski definition) is 1. The molecule has 2 unspecified atom stereocenters. The Labute approximate surface area is 91.1 Å². The maximum absolute atomic E-state index is 9.96. The van der Waals surface area contributed by atoms with E-state index >= 15 is 0 Å². The molecule has 1 N–H and O–H groups in total. The fourth-order valence-electron chi connectivity index (χ4n) is 1.65. The lowest BCUT2D eigenvalue weighted by Gasteiger charge is -2.21. The third kappa shape index (κ3) is 4.06. The molecule has 0 aromatic carbocycles. The number of aliphatic hydroxyl groups is 1. The zero-order chi connectivity index (χ0) is 11.1. The molecule has 86 valence electrons. The first kappa shape index (κ1) is 12.3. The highest BCUT2D eigenvalue weighted by Crippen LogP contribution is 2.13. The summed E-state index contributed by atoms with van der Waals surface area (Å²) in [6.07, 6.45) is 3.49. The minimum atomic E-state index is -0.476. The minimum absolute atomic E-state index is 0.0786. The lowest BCUT2D eigenvalue weighted by atomic mass is 10.0. The molecule has 0 fully saturated rings. The van der Waals surface area contributed by atoms with E-state index in [4.69, 9.17) is 9.15 Å². The fraction of sp³-hybridized carbons (Fsp3) is 0.667. The largest absolute Gasteiger partial charge is 0.469 e. The molecule has 0 aliphatic carbocycles. The molecule has 1 aromatic rings. The molecular weight excluding hydrogens is 192 g/mol. The van der Waals surface area contributed by atoms with Crippen LogP contribution < -0.4 is 0 Å². The van der Waals surface area contributed by atoms with Crippen molar-refractivity contribution in [3.8, 4) is 0 Å². The molecule has 1 rings (SSSR count). The van der Waals surface area contributed by atoms with Gasteiger partial charge in [-0.25, -0.2) is 0 Å². The van der Waals surface area contributed by atoms with Crippen LogP contribution in [0.2, 0.25) is 0 Å². The van der Waals surface area contributed by atoms with Crippen LogP contribution in [0.1, 0.15) is 32.4 Å². The van der Waals surface area contributed by atoms with Crippen LogP contribution >= 0.6 is 0 Å². The Morgan fingerprint density at radius 3 is 2.80 bits per heavy atom. The summed E-state index contributed by atoms with van der Waals surface area (Å²) in [5.41, 5.74) is 0.